The molecule has 0 spiro atoms. The Morgan fingerprint density at radius 2 is 0.551 bits per heavy atom. The van der Waals surface area contributed by atoms with Crippen LogP contribution in [0.1, 0.15) is 219 Å². The highest BCUT2D eigenvalue weighted by molar-refractivity contribution is 5.00. The van der Waals surface area contributed by atoms with Gasteiger partial charge in [0.15, 0.2) is 0 Å². The summed E-state index contributed by atoms with van der Waals surface area (Å²) in [6.07, 6.45) is 6.63. The van der Waals surface area contributed by atoms with Crippen molar-refractivity contribution in [2.45, 2.75) is 219 Å². The minimum absolute atomic E-state index is 0.233. The Labute approximate surface area is 314 Å². The second-order valence-corrected chi connectivity index (χ2v) is 23.9. The Morgan fingerprint density at radius 3 is 0.857 bits per heavy atom. The molecule has 0 N–H and O–H groups in total. The van der Waals surface area contributed by atoms with Crippen LogP contribution >= 0.6 is 0 Å². The van der Waals surface area contributed by atoms with Crippen LogP contribution in [0.25, 0.3) is 0 Å². The molecule has 0 aliphatic carbocycles. The van der Waals surface area contributed by atoms with Crippen molar-refractivity contribution in [3.63, 3.8) is 0 Å². The molecular formula is C49H100. The van der Waals surface area contributed by atoms with Crippen LogP contribution in [0, 0.1) is 96.6 Å². The molecule has 0 aromatic rings. The van der Waals surface area contributed by atoms with Gasteiger partial charge >= 0.3 is 0 Å². The van der Waals surface area contributed by atoms with Gasteiger partial charge in [0.25, 0.3) is 0 Å². The van der Waals surface area contributed by atoms with Gasteiger partial charge in [-0.2, -0.15) is 0 Å². The van der Waals surface area contributed by atoms with Crippen molar-refractivity contribution < 1.29 is 0 Å². The molecule has 0 fully saturated rings. The summed E-state index contributed by atoms with van der Waals surface area (Å²) in [5, 5.41) is 0. The van der Waals surface area contributed by atoms with E-state index in [1.54, 1.807) is 0 Å². The molecule has 0 saturated carbocycles. The van der Waals surface area contributed by atoms with Gasteiger partial charge in [0.05, 0.1) is 0 Å². The van der Waals surface area contributed by atoms with E-state index in [4.69, 9.17) is 0 Å². The van der Waals surface area contributed by atoms with Crippen molar-refractivity contribution in [1.29, 1.82) is 0 Å². The zero-order valence-electron chi connectivity index (χ0n) is 39.7. The van der Waals surface area contributed by atoms with Gasteiger partial charge < -0.3 is 0 Å². The number of hydrogen-bond donors (Lipinski definition) is 0. The topological polar surface area (TPSA) is 0 Å². The molecular weight excluding hydrogens is 589 g/mol. The van der Waals surface area contributed by atoms with E-state index in [2.05, 4.69) is 187 Å². The van der Waals surface area contributed by atoms with E-state index in [1.807, 2.05) is 0 Å². The summed E-state index contributed by atoms with van der Waals surface area (Å²) in [7, 11) is 0. The first-order chi connectivity index (χ1) is 21.4. The molecule has 0 nitrogen and oxygen atoms in total. The van der Waals surface area contributed by atoms with Crippen molar-refractivity contribution in [2.24, 2.45) is 96.6 Å². The average Bonchev–Trinajstić information content (AvgIpc) is 2.93. The first-order valence-corrected chi connectivity index (χ1v) is 21.4. The molecule has 0 aliphatic heterocycles. The van der Waals surface area contributed by atoms with Crippen LogP contribution in [-0.4, -0.2) is 0 Å². The Bertz CT molecular complexity index is 972. The van der Waals surface area contributed by atoms with E-state index in [1.165, 1.54) is 32.1 Å². The minimum Gasteiger partial charge on any atom is -0.0622 e. The maximum absolute atomic E-state index is 2.68. The van der Waals surface area contributed by atoms with Gasteiger partial charge in [-0.15, -0.1) is 0 Å². The van der Waals surface area contributed by atoms with Gasteiger partial charge in [0.1, 0.15) is 0 Å². The second-order valence-electron chi connectivity index (χ2n) is 23.9. The van der Waals surface area contributed by atoms with Crippen LogP contribution in [-0.2, 0) is 0 Å². The van der Waals surface area contributed by atoms with E-state index in [-0.39, 0.29) is 32.5 Å². The summed E-state index contributed by atoms with van der Waals surface area (Å²) in [4.78, 5) is 0. The molecule has 0 aliphatic rings. The van der Waals surface area contributed by atoms with Gasteiger partial charge in [-0.05, 0) is 129 Å². The van der Waals surface area contributed by atoms with Crippen LogP contribution in [0.2, 0.25) is 0 Å². The lowest BCUT2D eigenvalue weighted by atomic mass is 9.50. The maximum Gasteiger partial charge on any atom is -0.0270 e. The van der Waals surface area contributed by atoms with Crippen LogP contribution in [0.5, 0.6) is 0 Å². The van der Waals surface area contributed by atoms with E-state index in [0.29, 0.717) is 64.1 Å². The fraction of sp³-hybridized carbons (Fsp3) is 1.00. The van der Waals surface area contributed by atoms with E-state index < -0.39 is 0 Å². The zero-order chi connectivity index (χ0) is 39.7. The normalized spacial score (nSPS) is 18.4. The fourth-order valence-corrected chi connectivity index (χ4v) is 9.60. The van der Waals surface area contributed by atoms with Crippen molar-refractivity contribution in [3.8, 4) is 0 Å². The molecule has 0 saturated heterocycles. The highest BCUT2D eigenvalue weighted by Crippen LogP contribution is 2.59. The van der Waals surface area contributed by atoms with Crippen molar-refractivity contribution in [3.05, 3.63) is 0 Å². The Balaban J connectivity index is 6.99. The van der Waals surface area contributed by atoms with E-state index >= 15 is 0 Å². The highest BCUT2D eigenvalue weighted by atomic mass is 14.6. The average molecular weight is 689 g/mol. The molecule has 5 atom stereocenters. The SMILES string of the molecule is CC(CC(CCC(C)C(C)(C)C(C)(C)C(C)C)C(C)(C)C(C)(C)C(C)C)C(CCC(C)C(C)(C)C(C)(C)C(C)C)C(C)(C)C(C)(C)C(C)C. The summed E-state index contributed by atoms with van der Waals surface area (Å²) in [5.41, 5.74) is 2.16. The summed E-state index contributed by atoms with van der Waals surface area (Å²) >= 11 is 0. The molecule has 0 aromatic carbocycles. The van der Waals surface area contributed by atoms with E-state index in [9.17, 15) is 0 Å². The zero-order valence-corrected chi connectivity index (χ0v) is 39.7. The predicted molar refractivity (Wildman–Crippen MR) is 227 cm³/mol. The first kappa shape index (κ1) is 49.0. The standard InChI is InChI=1S/C49H100/c1-33(2)42(12,13)46(20,21)38(10)28-30-40(48(24,25)44(16,17)35(5)6)32-37(9)41(49(26,27)45(18,19)36(7)8)31-29-39(11)47(22,23)43(14,15)34(3)4/h33-41H,28-32H2,1-27H3. The third kappa shape index (κ3) is 9.76. The quantitative estimate of drug-likeness (QED) is 0.113. The molecule has 0 aromatic heterocycles. The largest absolute Gasteiger partial charge is 0.0622 e. The molecule has 0 bridgehead atoms. The van der Waals surface area contributed by atoms with Crippen LogP contribution in [0.3, 0.4) is 0 Å². The summed E-state index contributed by atoms with van der Waals surface area (Å²) in [6, 6.07) is 0. The van der Waals surface area contributed by atoms with Gasteiger partial charge in [0.2, 0.25) is 0 Å². The smallest absolute Gasteiger partial charge is 0.0270 e. The van der Waals surface area contributed by atoms with Crippen LogP contribution in [0.4, 0.5) is 0 Å². The Morgan fingerprint density at radius 1 is 0.286 bits per heavy atom. The molecule has 0 radical (unpaired) electrons. The Kier molecular flexibility index (Phi) is 16.6. The third-order valence-electron chi connectivity index (χ3n) is 20.0. The molecule has 49 heavy (non-hydrogen) atoms. The summed E-state index contributed by atoms with van der Waals surface area (Å²) in [5.74, 6) is 6.03. The highest BCUT2D eigenvalue weighted by Gasteiger charge is 2.51. The van der Waals surface area contributed by atoms with Gasteiger partial charge in [-0.3, -0.25) is 0 Å². The van der Waals surface area contributed by atoms with E-state index in [0.717, 1.165) is 0 Å². The lowest BCUT2D eigenvalue weighted by molar-refractivity contribution is -0.0609. The number of rotatable bonds is 21. The lowest BCUT2D eigenvalue weighted by Crippen LogP contribution is -2.47. The molecule has 0 heteroatoms. The van der Waals surface area contributed by atoms with Crippen molar-refractivity contribution in [1.82, 2.24) is 0 Å². The Hall–Kier alpha value is 0. The molecule has 0 amide bonds. The fourth-order valence-electron chi connectivity index (χ4n) is 9.60. The van der Waals surface area contributed by atoms with Gasteiger partial charge in [0, 0.05) is 0 Å². The molecule has 5 unspecified atom stereocenters. The van der Waals surface area contributed by atoms with Crippen LogP contribution < -0.4 is 0 Å². The minimum atomic E-state index is 0.233. The molecule has 296 valence electrons. The van der Waals surface area contributed by atoms with Crippen molar-refractivity contribution in [2.75, 3.05) is 0 Å². The first-order valence-electron chi connectivity index (χ1n) is 21.4. The number of hydrogen-bond acceptors (Lipinski definition) is 0. The molecule has 0 rings (SSSR count). The van der Waals surface area contributed by atoms with Crippen molar-refractivity contribution >= 4 is 0 Å². The predicted octanol–water partition coefficient (Wildman–Crippen LogP) is 16.9. The third-order valence-corrected chi connectivity index (χ3v) is 20.0. The second kappa shape index (κ2) is 16.6. The monoisotopic (exact) mass is 689 g/mol. The van der Waals surface area contributed by atoms with Gasteiger partial charge in [-0.25, -0.2) is 0 Å². The van der Waals surface area contributed by atoms with Crippen LogP contribution in [0.15, 0.2) is 0 Å². The maximum atomic E-state index is 2.68. The van der Waals surface area contributed by atoms with Gasteiger partial charge in [-0.1, -0.05) is 187 Å². The summed E-state index contributed by atoms with van der Waals surface area (Å²) < 4.78 is 0. The summed E-state index contributed by atoms with van der Waals surface area (Å²) in [6.45, 7) is 68.7. The lowest BCUT2D eigenvalue weighted by Gasteiger charge is -2.55. The molecule has 0 heterocycles.